The van der Waals surface area contributed by atoms with Gasteiger partial charge in [-0.2, -0.15) is 8.42 Å². The summed E-state index contributed by atoms with van der Waals surface area (Å²) in [5.41, 5.74) is 0.183. The summed E-state index contributed by atoms with van der Waals surface area (Å²) in [6, 6.07) is 3.28. The van der Waals surface area contributed by atoms with Crippen molar-refractivity contribution in [3.63, 3.8) is 0 Å². The topological polar surface area (TPSA) is 139 Å². The minimum absolute atomic E-state index is 0.0108. The third kappa shape index (κ3) is 3.84. The van der Waals surface area contributed by atoms with Gasteiger partial charge in [-0.3, -0.25) is 13.8 Å². The van der Waals surface area contributed by atoms with Gasteiger partial charge in [0.25, 0.3) is 0 Å². The number of hydrogen-bond donors (Lipinski definition) is 2. The molecule has 3 aliphatic rings. The van der Waals surface area contributed by atoms with E-state index in [9.17, 15) is 27.9 Å². The molecule has 32 heavy (non-hydrogen) atoms. The number of carbonyl (C=O) groups is 3. The van der Waals surface area contributed by atoms with E-state index >= 15 is 0 Å². The summed E-state index contributed by atoms with van der Waals surface area (Å²) in [6.45, 7) is 5.14. The van der Waals surface area contributed by atoms with Gasteiger partial charge in [-0.1, -0.05) is 12.1 Å². The quantitative estimate of drug-likeness (QED) is 0.418. The first kappa shape index (κ1) is 22.9. The summed E-state index contributed by atoms with van der Waals surface area (Å²) in [5.74, 6) is -1.41. The fourth-order valence-corrected chi connectivity index (χ4v) is 7.05. The van der Waals surface area contributed by atoms with E-state index in [0.717, 1.165) is 0 Å². The molecule has 0 radical (unpaired) electrons. The van der Waals surface area contributed by atoms with E-state index in [2.05, 4.69) is 5.32 Å². The zero-order chi connectivity index (χ0) is 23.4. The first-order chi connectivity index (χ1) is 14.9. The Hall–Kier alpha value is -2.31. The fourth-order valence-electron chi connectivity index (χ4n) is 4.34. The number of fused-ring (bicyclic) bond motifs is 2. The molecule has 0 aliphatic carbocycles. The number of thioether (sulfide) groups is 1. The van der Waals surface area contributed by atoms with Crippen LogP contribution in [0.4, 0.5) is 0 Å². The smallest absolute Gasteiger partial charge is 0.327 e. The molecule has 2 N–H and O–H groups in total. The van der Waals surface area contributed by atoms with Crippen molar-refractivity contribution in [2.24, 2.45) is 0 Å². The van der Waals surface area contributed by atoms with E-state index in [-0.39, 0.29) is 25.4 Å². The van der Waals surface area contributed by atoms with E-state index in [1.165, 1.54) is 16.7 Å². The van der Waals surface area contributed by atoms with Crippen molar-refractivity contribution < 1.29 is 36.8 Å². The number of nitrogens with zero attached hydrogens (tertiary/aromatic N) is 1. The molecule has 10 nitrogen and oxygen atoms in total. The summed E-state index contributed by atoms with van der Waals surface area (Å²) >= 11 is 1.36. The summed E-state index contributed by atoms with van der Waals surface area (Å²) in [7, 11) is -3.85. The predicted octanol–water partition coefficient (Wildman–Crippen LogP) is 0.488. The minimum Gasteiger partial charge on any atom is -0.480 e. The molecule has 4 unspecified atom stereocenters. The summed E-state index contributed by atoms with van der Waals surface area (Å²) in [6.07, 6.45) is 0.108. The molecule has 3 heterocycles. The number of aliphatic carboxylic acids is 1. The monoisotopic (exact) mass is 484 g/mol. The van der Waals surface area contributed by atoms with Gasteiger partial charge in [-0.15, -0.1) is 11.8 Å². The maximum Gasteiger partial charge on any atom is 0.327 e. The highest BCUT2D eigenvalue weighted by Crippen LogP contribution is 2.50. The first-order valence-corrected chi connectivity index (χ1v) is 12.5. The average molecular weight is 485 g/mol. The van der Waals surface area contributed by atoms with E-state index in [1.54, 1.807) is 39.0 Å². The Morgan fingerprint density at radius 2 is 2.09 bits per heavy atom. The Balaban J connectivity index is 1.39. The van der Waals surface area contributed by atoms with Crippen molar-refractivity contribution in [3.8, 4) is 5.75 Å². The van der Waals surface area contributed by atoms with Gasteiger partial charge in [-0.25, -0.2) is 4.79 Å². The molecule has 4 rings (SSSR count). The first-order valence-electron chi connectivity index (χ1n) is 10.1. The average Bonchev–Trinajstić information content (AvgIpc) is 3.23. The second kappa shape index (κ2) is 7.92. The Bertz CT molecular complexity index is 1090. The van der Waals surface area contributed by atoms with Crippen LogP contribution in [0, 0.1) is 0 Å². The number of rotatable bonds is 7. The van der Waals surface area contributed by atoms with Crippen LogP contribution < -0.4 is 10.1 Å². The lowest BCUT2D eigenvalue weighted by Crippen LogP contribution is -2.70. The third-order valence-corrected chi connectivity index (χ3v) is 8.77. The maximum absolute atomic E-state index is 12.6. The molecule has 2 fully saturated rings. The van der Waals surface area contributed by atoms with Crippen LogP contribution in [0.25, 0.3) is 0 Å². The van der Waals surface area contributed by atoms with Gasteiger partial charge in [0.05, 0.1) is 13.0 Å². The second-order valence-electron chi connectivity index (χ2n) is 8.41. The van der Waals surface area contributed by atoms with Crippen LogP contribution in [0.2, 0.25) is 0 Å². The summed E-state index contributed by atoms with van der Waals surface area (Å²) in [4.78, 5) is 38.0. The Labute approximate surface area is 189 Å². The highest BCUT2D eigenvalue weighted by Gasteiger charge is 2.64. The van der Waals surface area contributed by atoms with Gasteiger partial charge in [0.1, 0.15) is 23.2 Å². The van der Waals surface area contributed by atoms with Crippen molar-refractivity contribution in [3.05, 3.63) is 29.3 Å². The molecule has 12 heteroatoms. The number of benzene rings is 1. The van der Waals surface area contributed by atoms with E-state index in [4.69, 9.17) is 8.92 Å². The molecule has 174 valence electrons. The summed E-state index contributed by atoms with van der Waals surface area (Å²) in [5, 5.41) is 11.8. The van der Waals surface area contributed by atoms with E-state index < -0.39 is 49.6 Å². The molecule has 1 aromatic carbocycles. The van der Waals surface area contributed by atoms with Crippen LogP contribution >= 0.6 is 11.8 Å². The number of amides is 2. The second-order valence-corrected chi connectivity index (χ2v) is 11.9. The molecule has 4 atom stereocenters. The molecule has 1 aromatic rings. The predicted molar refractivity (Wildman–Crippen MR) is 114 cm³/mol. The number of carbonyl (C=O) groups excluding carboxylic acids is 2. The van der Waals surface area contributed by atoms with Crippen molar-refractivity contribution in [2.75, 3.05) is 6.61 Å². The molecular formula is C20H24N2O8S2. The summed E-state index contributed by atoms with van der Waals surface area (Å²) < 4.78 is 33.7. The van der Waals surface area contributed by atoms with Crippen molar-refractivity contribution in [1.82, 2.24) is 10.2 Å². The van der Waals surface area contributed by atoms with Crippen LogP contribution in [0.3, 0.4) is 0 Å². The molecular weight excluding hydrogens is 460 g/mol. The number of carboxylic acids is 1. The molecule has 0 spiro atoms. The van der Waals surface area contributed by atoms with Crippen LogP contribution in [0.1, 0.15) is 31.9 Å². The lowest BCUT2D eigenvalue weighted by molar-refractivity contribution is -0.161. The highest BCUT2D eigenvalue weighted by atomic mass is 32.2. The number of carboxylic acid groups (broad SMARTS) is 1. The number of nitrogens with one attached hydrogen (secondary N) is 1. The van der Waals surface area contributed by atoms with Gasteiger partial charge < -0.3 is 20.1 Å². The highest BCUT2D eigenvalue weighted by molar-refractivity contribution is 8.01. The van der Waals surface area contributed by atoms with Gasteiger partial charge in [0, 0.05) is 11.2 Å². The van der Waals surface area contributed by atoms with Gasteiger partial charge in [0.2, 0.25) is 17.3 Å². The number of hydrogen-bond acceptors (Lipinski definition) is 8. The van der Waals surface area contributed by atoms with Crippen molar-refractivity contribution in [1.29, 1.82) is 0 Å². The van der Waals surface area contributed by atoms with E-state index in [0.29, 0.717) is 16.9 Å². The largest absolute Gasteiger partial charge is 0.480 e. The number of β-lactam (4-membered cyclic amide) rings is 1. The molecule has 0 bridgehead atoms. The van der Waals surface area contributed by atoms with Crippen molar-refractivity contribution in [2.45, 2.75) is 61.3 Å². The fraction of sp³-hybridized carbons (Fsp3) is 0.550. The standard InChI is InChI=1S/C20H24N2O8S2/c1-4-29-32(27,28)14-9-11-7-10(5-6-12(11)30-14)8-13(23)21-15-17(24)22-16(19(25)26)20(2,3)31-18(15)22/h5-7,14-16,18H,4,8-9H2,1-3H3,(H,21,23)(H,25,26). The molecule has 2 amide bonds. The van der Waals surface area contributed by atoms with Gasteiger partial charge in [0.15, 0.2) is 0 Å². The molecule has 3 aliphatic heterocycles. The third-order valence-electron chi connectivity index (χ3n) is 5.73. The maximum atomic E-state index is 12.6. The van der Waals surface area contributed by atoms with Crippen LogP contribution in [0.5, 0.6) is 5.75 Å². The van der Waals surface area contributed by atoms with Crippen molar-refractivity contribution >= 4 is 39.7 Å². The minimum atomic E-state index is -3.85. The normalized spacial score (nSPS) is 27.8. The van der Waals surface area contributed by atoms with Crippen LogP contribution in [0.15, 0.2) is 18.2 Å². The Kier molecular flexibility index (Phi) is 5.66. The SMILES string of the molecule is CCOS(=O)(=O)C1Cc2cc(CC(=O)NC3C(=O)N4C3SC(C)(C)C4C(=O)O)ccc2O1. The lowest BCUT2D eigenvalue weighted by atomic mass is 9.96. The molecule has 2 saturated heterocycles. The van der Waals surface area contributed by atoms with Gasteiger partial charge >= 0.3 is 16.1 Å². The Morgan fingerprint density at radius 3 is 2.75 bits per heavy atom. The number of ether oxygens (including phenoxy) is 1. The Morgan fingerprint density at radius 1 is 1.38 bits per heavy atom. The van der Waals surface area contributed by atoms with Crippen LogP contribution in [-0.4, -0.2) is 70.5 Å². The zero-order valence-corrected chi connectivity index (χ0v) is 19.4. The zero-order valence-electron chi connectivity index (χ0n) is 17.7. The molecule has 0 aromatic heterocycles. The lowest BCUT2D eigenvalue weighted by Gasteiger charge is -2.43. The van der Waals surface area contributed by atoms with E-state index in [1.807, 2.05) is 0 Å². The molecule has 0 saturated carbocycles. The van der Waals surface area contributed by atoms with Gasteiger partial charge in [-0.05, 0) is 38.0 Å². The van der Waals surface area contributed by atoms with Crippen LogP contribution in [-0.2, 0) is 41.5 Å².